The lowest BCUT2D eigenvalue weighted by molar-refractivity contribution is 0.0702. The molecule has 4 N–H and O–H groups in total. The number of pyridine rings is 1. The average Bonchev–Trinajstić information content (AvgIpc) is 2.65. The van der Waals surface area contributed by atoms with Gasteiger partial charge >= 0.3 is 0 Å². The Morgan fingerprint density at radius 1 is 1.53 bits per heavy atom. The summed E-state index contributed by atoms with van der Waals surface area (Å²) in [6, 6.07) is 1.57. The lowest BCUT2D eigenvalue weighted by Crippen LogP contribution is -2.27. The number of aromatic nitrogens is 1. The molecule has 0 unspecified atom stereocenters. The molecule has 0 aliphatic rings. The van der Waals surface area contributed by atoms with Crippen LogP contribution in [0.1, 0.15) is 10.4 Å². The van der Waals surface area contributed by atoms with Crippen molar-refractivity contribution in [1.82, 2.24) is 10.5 Å². The number of thiophene rings is 1. The monoisotopic (exact) mass is 226 g/mol. The van der Waals surface area contributed by atoms with E-state index in [1.165, 1.54) is 16.8 Å². The highest BCUT2D eigenvalue weighted by Crippen LogP contribution is 2.27. The van der Waals surface area contributed by atoms with E-state index in [1.54, 1.807) is 11.4 Å². The largest absolute Gasteiger partial charge is 0.506 e. The molecule has 0 aliphatic heterocycles. The smallest absolute Gasteiger partial charge is 0.284 e. The first-order chi connectivity index (χ1) is 7.15. The molecule has 0 aromatic carbocycles. The molecule has 0 saturated carbocycles. The van der Waals surface area contributed by atoms with Crippen LogP contribution in [0.4, 0.5) is 0 Å². The summed E-state index contributed by atoms with van der Waals surface area (Å²) in [6.45, 7) is 0. The molecule has 2 rings (SSSR count). The molecule has 1 amide bonds. The van der Waals surface area contributed by atoms with Crippen LogP contribution in [0, 0.1) is 0 Å². The number of hydroxylamine groups is 1. The van der Waals surface area contributed by atoms with Crippen molar-refractivity contribution in [2.45, 2.75) is 0 Å². The molecule has 2 aromatic heterocycles. The van der Waals surface area contributed by atoms with E-state index in [9.17, 15) is 14.7 Å². The SMILES string of the molecule is O=C(NO)c1c(O)c2ccsc2[nH]c1=O. The standard InChI is InChI=1S/C8H6N2O4S/c11-5-3-1-2-15-8(3)9-6(12)4(5)7(13)10-14/h1-2,14H,(H,10,13)(H2,9,11,12). The summed E-state index contributed by atoms with van der Waals surface area (Å²) in [6.07, 6.45) is 0. The molecule has 7 heteroatoms. The second-order valence-electron chi connectivity index (χ2n) is 2.78. The summed E-state index contributed by atoms with van der Waals surface area (Å²) in [4.78, 5) is 25.4. The van der Waals surface area contributed by atoms with Gasteiger partial charge in [-0.2, -0.15) is 0 Å². The zero-order valence-electron chi connectivity index (χ0n) is 7.27. The van der Waals surface area contributed by atoms with Gasteiger partial charge in [0.1, 0.15) is 16.1 Å². The average molecular weight is 226 g/mol. The molecule has 0 spiro atoms. The van der Waals surface area contributed by atoms with Gasteiger partial charge in [0.05, 0.1) is 5.39 Å². The Labute approximate surface area is 86.8 Å². The van der Waals surface area contributed by atoms with Crippen LogP contribution in [0.3, 0.4) is 0 Å². The zero-order chi connectivity index (χ0) is 11.0. The summed E-state index contributed by atoms with van der Waals surface area (Å²) >= 11 is 1.23. The summed E-state index contributed by atoms with van der Waals surface area (Å²) in [5.41, 5.74) is 0.0658. The van der Waals surface area contributed by atoms with Gasteiger partial charge in [-0.05, 0) is 11.4 Å². The number of fused-ring (bicyclic) bond motifs is 1. The number of rotatable bonds is 1. The van der Waals surface area contributed by atoms with Crippen molar-refractivity contribution in [3.8, 4) is 5.75 Å². The fourth-order valence-electron chi connectivity index (χ4n) is 1.27. The maximum atomic E-state index is 11.4. The van der Waals surface area contributed by atoms with Crippen molar-refractivity contribution in [1.29, 1.82) is 0 Å². The van der Waals surface area contributed by atoms with Crippen molar-refractivity contribution in [2.75, 3.05) is 0 Å². The van der Waals surface area contributed by atoms with Crippen molar-refractivity contribution < 1.29 is 15.1 Å². The third-order valence-corrected chi connectivity index (χ3v) is 2.77. The lowest BCUT2D eigenvalue weighted by Gasteiger charge is -2.01. The number of hydrogen-bond acceptors (Lipinski definition) is 5. The number of hydrogen-bond donors (Lipinski definition) is 4. The zero-order valence-corrected chi connectivity index (χ0v) is 8.09. The molecule has 0 aliphatic carbocycles. The van der Waals surface area contributed by atoms with Crippen LogP contribution >= 0.6 is 11.3 Å². The summed E-state index contributed by atoms with van der Waals surface area (Å²) in [7, 11) is 0. The maximum Gasteiger partial charge on any atom is 0.284 e. The van der Waals surface area contributed by atoms with Crippen molar-refractivity contribution >= 4 is 27.5 Å². The molecular formula is C8H6N2O4S. The molecule has 2 heterocycles. The van der Waals surface area contributed by atoms with Crippen molar-refractivity contribution in [3.63, 3.8) is 0 Å². The number of amides is 1. The Morgan fingerprint density at radius 3 is 2.93 bits per heavy atom. The predicted molar refractivity (Wildman–Crippen MR) is 53.4 cm³/mol. The van der Waals surface area contributed by atoms with Gasteiger partial charge in [0.25, 0.3) is 11.5 Å². The van der Waals surface area contributed by atoms with E-state index in [1.807, 2.05) is 0 Å². The van der Waals surface area contributed by atoms with Crippen LogP contribution in [0.5, 0.6) is 5.75 Å². The number of carbonyl (C=O) groups is 1. The molecule has 15 heavy (non-hydrogen) atoms. The molecule has 2 aromatic rings. The van der Waals surface area contributed by atoms with Gasteiger partial charge in [0.15, 0.2) is 0 Å². The van der Waals surface area contributed by atoms with Gasteiger partial charge < -0.3 is 10.1 Å². The highest BCUT2D eigenvalue weighted by atomic mass is 32.1. The van der Waals surface area contributed by atoms with E-state index in [0.717, 1.165) is 0 Å². The molecular weight excluding hydrogens is 220 g/mol. The fraction of sp³-hybridized carbons (Fsp3) is 0. The van der Waals surface area contributed by atoms with Gasteiger partial charge in [0, 0.05) is 0 Å². The summed E-state index contributed by atoms with van der Waals surface area (Å²) in [5, 5.41) is 20.1. The first-order valence-electron chi connectivity index (χ1n) is 3.92. The number of aromatic hydroxyl groups is 1. The van der Waals surface area contributed by atoms with E-state index in [-0.39, 0.29) is 0 Å². The summed E-state index contributed by atoms with van der Waals surface area (Å²) < 4.78 is 0. The van der Waals surface area contributed by atoms with E-state index >= 15 is 0 Å². The van der Waals surface area contributed by atoms with Crippen LogP contribution in [0.15, 0.2) is 16.2 Å². The van der Waals surface area contributed by atoms with E-state index < -0.39 is 22.8 Å². The normalized spacial score (nSPS) is 10.5. The van der Waals surface area contributed by atoms with Crippen molar-refractivity contribution in [2.24, 2.45) is 0 Å². The second kappa shape index (κ2) is 3.37. The Hall–Kier alpha value is -1.86. The predicted octanol–water partition coefficient (Wildman–Crippen LogP) is 0.414. The quantitative estimate of drug-likeness (QED) is 0.418. The number of aromatic amines is 1. The molecule has 0 bridgehead atoms. The third-order valence-electron chi connectivity index (χ3n) is 1.94. The van der Waals surface area contributed by atoms with Crippen LogP contribution in [0.2, 0.25) is 0 Å². The summed E-state index contributed by atoms with van der Waals surface area (Å²) in [5.74, 6) is -1.47. The van der Waals surface area contributed by atoms with Gasteiger partial charge in [-0.1, -0.05) is 0 Å². The number of H-pyrrole nitrogens is 1. The van der Waals surface area contributed by atoms with Gasteiger partial charge in [-0.15, -0.1) is 11.3 Å². The second-order valence-corrected chi connectivity index (χ2v) is 3.70. The van der Waals surface area contributed by atoms with E-state index in [2.05, 4.69) is 4.98 Å². The van der Waals surface area contributed by atoms with Crippen LogP contribution in [-0.2, 0) is 0 Å². The molecule has 0 atom stereocenters. The Balaban J connectivity index is 2.84. The number of carbonyl (C=O) groups excluding carboxylic acids is 1. The van der Waals surface area contributed by atoms with Crippen LogP contribution in [-0.4, -0.2) is 21.2 Å². The van der Waals surface area contributed by atoms with Crippen LogP contribution in [0.25, 0.3) is 10.2 Å². The molecule has 0 saturated heterocycles. The minimum Gasteiger partial charge on any atom is -0.506 e. The highest BCUT2D eigenvalue weighted by molar-refractivity contribution is 7.16. The topological polar surface area (TPSA) is 102 Å². The highest BCUT2D eigenvalue weighted by Gasteiger charge is 2.18. The van der Waals surface area contributed by atoms with Crippen LogP contribution < -0.4 is 11.0 Å². The Morgan fingerprint density at radius 2 is 2.27 bits per heavy atom. The van der Waals surface area contributed by atoms with E-state index in [0.29, 0.717) is 10.2 Å². The van der Waals surface area contributed by atoms with Gasteiger partial charge in [-0.3, -0.25) is 14.8 Å². The number of nitrogens with one attached hydrogen (secondary N) is 2. The third kappa shape index (κ3) is 1.37. The fourth-order valence-corrected chi connectivity index (χ4v) is 2.05. The molecule has 78 valence electrons. The van der Waals surface area contributed by atoms with Gasteiger partial charge in [0.2, 0.25) is 0 Å². The lowest BCUT2D eigenvalue weighted by atomic mass is 10.2. The molecule has 6 nitrogen and oxygen atoms in total. The first kappa shape index (κ1) is 9.69. The van der Waals surface area contributed by atoms with Gasteiger partial charge in [-0.25, -0.2) is 5.48 Å². The molecule has 0 fully saturated rings. The minimum atomic E-state index is -1.04. The first-order valence-corrected chi connectivity index (χ1v) is 4.80. The minimum absolute atomic E-state index is 0.373. The van der Waals surface area contributed by atoms with E-state index in [4.69, 9.17) is 5.21 Å². The molecule has 0 radical (unpaired) electrons. The Bertz CT molecular complexity index is 586. The maximum absolute atomic E-state index is 11.4. The Kier molecular flexibility index (Phi) is 2.18. The van der Waals surface area contributed by atoms with Crippen molar-refractivity contribution in [3.05, 3.63) is 27.4 Å².